The molecule has 0 saturated carbocycles. The van der Waals surface area contributed by atoms with Crippen molar-refractivity contribution in [1.29, 1.82) is 0 Å². The molecule has 116 valence electrons. The third kappa shape index (κ3) is 3.51. The van der Waals surface area contributed by atoms with Gasteiger partial charge in [-0.1, -0.05) is 6.07 Å². The van der Waals surface area contributed by atoms with Gasteiger partial charge in [0.2, 0.25) is 0 Å². The number of carboxylic acid groups (broad SMARTS) is 1. The monoisotopic (exact) mass is 315 g/mol. The molecule has 0 aliphatic carbocycles. The zero-order valence-corrected chi connectivity index (χ0v) is 11.1. The Balaban J connectivity index is 2.40. The fraction of sp³-hybridized carbons (Fsp3) is 0.143. The number of carbonyl (C=O) groups is 1. The van der Waals surface area contributed by atoms with Gasteiger partial charge >= 0.3 is 12.3 Å². The van der Waals surface area contributed by atoms with E-state index in [0.29, 0.717) is 0 Å². The van der Waals surface area contributed by atoms with Gasteiger partial charge in [0.25, 0.3) is 0 Å². The predicted octanol–water partition coefficient (Wildman–Crippen LogP) is 3.79. The van der Waals surface area contributed by atoms with Crippen molar-refractivity contribution in [1.82, 2.24) is 4.98 Å². The summed E-state index contributed by atoms with van der Waals surface area (Å²) < 4.78 is 53.4. The van der Waals surface area contributed by atoms with Crippen molar-refractivity contribution in [3.8, 4) is 16.9 Å². The van der Waals surface area contributed by atoms with E-state index in [0.717, 1.165) is 12.1 Å². The van der Waals surface area contributed by atoms with E-state index in [4.69, 9.17) is 5.11 Å². The van der Waals surface area contributed by atoms with Crippen molar-refractivity contribution < 1.29 is 32.2 Å². The first kappa shape index (κ1) is 15.7. The minimum atomic E-state index is -5.00. The molecule has 0 atom stereocenters. The highest BCUT2D eigenvalue weighted by Crippen LogP contribution is 2.29. The number of alkyl halides is 3. The van der Waals surface area contributed by atoms with Gasteiger partial charge in [0.15, 0.2) is 11.6 Å². The molecule has 1 aromatic carbocycles. The maximum absolute atomic E-state index is 13.6. The third-order valence-electron chi connectivity index (χ3n) is 2.81. The lowest BCUT2D eigenvalue weighted by Gasteiger charge is -2.11. The van der Waals surface area contributed by atoms with Crippen LogP contribution in [0.15, 0.2) is 30.5 Å². The van der Waals surface area contributed by atoms with Gasteiger partial charge in [-0.15, -0.1) is 13.2 Å². The van der Waals surface area contributed by atoms with Gasteiger partial charge in [-0.2, -0.15) is 0 Å². The summed E-state index contributed by atoms with van der Waals surface area (Å²) in [5, 5.41) is 9.00. The molecule has 0 aliphatic rings. The Morgan fingerprint density at radius 2 is 1.91 bits per heavy atom. The van der Waals surface area contributed by atoms with Crippen LogP contribution in [0.4, 0.5) is 17.6 Å². The number of carboxylic acids is 1. The molecule has 0 bridgehead atoms. The average molecular weight is 315 g/mol. The predicted molar refractivity (Wildman–Crippen MR) is 68.0 cm³/mol. The Kier molecular flexibility index (Phi) is 4.03. The van der Waals surface area contributed by atoms with Crippen LogP contribution in [0.1, 0.15) is 16.1 Å². The molecule has 1 N–H and O–H groups in total. The van der Waals surface area contributed by atoms with Crippen molar-refractivity contribution in [3.63, 3.8) is 0 Å². The number of hydrogen-bond donors (Lipinski definition) is 1. The molecule has 0 radical (unpaired) electrons. The van der Waals surface area contributed by atoms with Gasteiger partial charge < -0.3 is 9.84 Å². The summed E-state index contributed by atoms with van der Waals surface area (Å²) in [4.78, 5) is 14.9. The number of nitrogens with zero attached hydrogens (tertiary/aromatic N) is 1. The summed E-state index contributed by atoms with van der Waals surface area (Å²) >= 11 is 0. The zero-order valence-electron chi connectivity index (χ0n) is 11.1. The molecule has 2 aromatic rings. The summed E-state index contributed by atoms with van der Waals surface area (Å²) in [6, 6.07) is 4.09. The molecule has 0 amide bonds. The molecule has 22 heavy (non-hydrogen) atoms. The van der Waals surface area contributed by atoms with Gasteiger partial charge in [-0.05, 0) is 30.7 Å². The zero-order chi connectivity index (χ0) is 16.5. The van der Waals surface area contributed by atoms with Crippen LogP contribution in [0.2, 0.25) is 0 Å². The summed E-state index contributed by atoms with van der Waals surface area (Å²) in [6.45, 7) is 1.49. The van der Waals surface area contributed by atoms with Gasteiger partial charge in [-0.3, -0.25) is 4.98 Å². The largest absolute Gasteiger partial charge is 0.573 e. The molecule has 2 rings (SSSR count). The second-order valence-electron chi connectivity index (χ2n) is 4.36. The highest BCUT2D eigenvalue weighted by Gasteiger charge is 2.32. The van der Waals surface area contributed by atoms with Gasteiger partial charge in [0.1, 0.15) is 0 Å². The number of rotatable bonds is 3. The Bertz CT molecular complexity index is 729. The summed E-state index contributed by atoms with van der Waals surface area (Å²) in [5.41, 5.74) is 0.643. The number of aromatic carboxylic acids is 1. The maximum atomic E-state index is 13.6. The molecule has 0 unspecified atom stereocenters. The van der Waals surface area contributed by atoms with Crippen molar-refractivity contribution in [3.05, 3.63) is 47.5 Å². The first-order valence-electron chi connectivity index (χ1n) is 5.93. The van der Waals surface area contributed by atoms with Crippen molar-refractivity contribution in [2.75, 3.05) is 0 Å². The van der Waals surface area contributed by atoms with Crippen molar-refractivity contribution in [2.24, 2.45) is 0 Å². The number of hydrogen-bond acceptors (Lipinski definition) is 3. The maximum Gasteiger partial charge on any atom is 0.573 e. The Morgan fingerprint density at radius 1 is 1.23 bits per heavy atom. The third-order valence-corrected chi connectivity index (χ3v) is 2.81. The second-order valence-corrected chi connectivity index (χ2v) is 4.36. The van der Waals surface area contributed by atoms with Crippen LogP contribution in [0.5, 0.6) is 5.75 Å². The normalized spacial score (nSPS) is 11.3. The lowest BCUT2D eigenvalue weighted by molar-refractivity contribution is -0.275. The van der Waals surface area contributed by atoms with E-state index in [1.807, 2.05) is 0 Å². The number of benzene rings is 1. The van der Waals surface area contributed by atoms with Crippen molar-refractivity contribution >= 4 is 5.97 Å². The van der Waals surface area contributed by atoms with Crippen LogP contribution in [-0.4, -0.2) is 22.4 Å². The van der Waals surface area contributed by atoms with E-state index in [-0.39, 0.29) is 22.4 Å². The average Bonchev–Trinajstić information content (AvgIpc) is 2.40. The lowest BCUT2D eigenvalue weighted by atomic mass is 10.0. The topological polar surface area (TPSA) is 59.4 Å². The number of halogens is 4. The Hall–Kier alpha value is -2.64. The van der Waals surface area contributed by atoms with E-state index >= 15 is 0 Å². The number of ether oxygens (including phenoxy) is 1. The van der Waals surface area contributed by atoms with E-state index in [9.17, 15) is 22.4 Å². The number of aromatic nitrogens is 1. The molecular weight excluding hydrogens is 306 g/mol. The lowest BCUT2D eigenvalue weighted by Crippen LogP contribution is -2.17. The van der Waals surface area contributed by atoms with Crippen LogP contribution >= 0.6 is 0 Å². The van der Waals surface area contributed by atoms with Crippen LogP contribution in [0.25, 0.3) is 11.1 Å². The minimum Gasteiger partial charge on any atom is -0.478 e. The standard InChI is InChI=1S/C14H9F4NO3/c1-7-10(13(20)21)4-9(6-19-7)8-2-3-12(11(15)5-8)22-14(16,17)18/h2-6H,1H3,(H,20,21). The second kappa shape index (κ2) is 5.63. The fourth-order valence-corrected chi connectivity index (χ4v) is 1.80. The molecule has 0 saturated heterocycles. The summed E-state index contributed by atoms with van der Waals surface area (Å²) in [6.07, 6.45) is -3.69. The number of pyridine rings is 1. The highest BCUT2D eigenvalue weighted by atomic mass is 19.4. The fourth-order valence-electron chi connectivity index (χ4n) is 1.80. The molecule has 4 nitrogen and oxygen atoms in total. The highest BCUT2D eigenvalue weighted by molar-refractivity contribution is 5.90. The molecule has 0 spiro atoms. The molecule has 8 heteroatoms. The molecule has 0 aliphatic heterocycles. The minimum absolute atomic E-state index is 0.0754. The van der Waals surface area contributed by atoms with Crippen molar-refractivity contribution in [2.45, 2.75) is 13.3 Å². The first-order valence-corrected chi connectivity index (χ1v) is 5.93. The Morgan fingerprint density at radius 3 is 2.45 bits per heavy atom. The quantitative estimate of drug-likeness (QED) is 0.875. The van der Waals surface area contributed by atoms with E-state index < -0.39 is 23.9 Å². The molecule has 1 heterocycles. The summed E-state index contributed by atoms with van der Waals surface area (Å²) in [7, 11) is 0. The van der Waals surface area contributed by atoms with Crippen LogP contribution in [0, 0.1) is 12.7 Å². The molecule has 1 aromatic heterocycles. The van der Waals surface area contributed by atoms with Crippen LogP contribution in [0.3, 0.4) is 0 Å². The molecular formula is C14H9F4NO3. The first-order chi connectivity index (χ1) is 10.2. The van der Waals surface area contributed by atoms with Crippen LogP contribution < -0.4 is 4.74 Å². The van der Waals surface area contributed by atoms with Gasteiger partial charge in [-0.25, -0.2) is 9.18 Å². The molecule has 0 fully saturated rings. The van der Waals surface area contributed by atoms with Crippen LogP contribution in [-0.2, 0) is 0 Å². The number of aryl methyl sites for hydroxylation is 1. The van der Waals surface area contributed by atoms with Gasteiger partial charge in [0, 0.05) is 11.8 Å². The SMILES string of the molecule is Cc1ncc(-c2ccc(OC(F)(F)F)c(F)c2)cc1C(=O)O. The van der Waals surface area contributed by atoms with Gasteiger partial charge in [0.05, 0.1) is 11.3 Å². The summed E-state index contributed by atoms with van der Waals surface area (Å²) in [5.74, 6) is -3.38. The van der Waals surface area contributed by atoms with E-state index in [1.165, 1.54) is 25.3 Å². The smallest absolute Gasteiger partial charge is 0.478 e. The Labute approximate surface area is 122 Å². The van der Waals surface area contributed by atoms with E-state index in [1.54, 1.807) is 0 Å². The van der Waals surface area contributed by atoms with E-state index in [2.05, 4.69) is 9.72 Å².